The molecule has 66 valence electrons. The van der Waals surface area contributed by atoms with Crippen LogP contribution in [0.1, 0.15) is 11.1 Å². The Morgan fingerprint density at radius 3 is 3.08 bits per heavy atom. The van der Waals surface area contributed by atoms with Crippen molar-refractivity contribution >= 4 is 11.9 Å². The standard InChI is InChI=1S/C9H8N2O2/c12-11(13)9-3-1-2-7-6-10-5-4-8(7)9/h1-3,6H,4-5H2. The third kappa shape index (κ3) is 1.30. The van der Waals surface area contributed by atoms with Crippen molar-refractivity contribution in [3.63, 3.8) is 0 Å². The predicted molar refractivity (Wildman–Crippen MR) is 49.3 cm³/mol. The molecule has 0 atom stereocenters. The van der Waals surface area contributed by atoms with Gasteiger partial charge >= 0.3 is 0 Å². The summed E-state index contributed by atoms with van der Waals surface area (Å²) in [6.45, 7) is 0.651. The van der Waals surface area contributed by atoms with E-state index in [9.17, 15) is 10.1 Å². The summed E-state index contributed by atoms with van der Waals surface area (Å²) in [6, 6.07) is 5.08. The van der Waals surface area contributed by atoms with Crippen molar-refractivity contribution in [2.24, 2.45) is 4.99 Å². The van der Waals surface area contributed by atoms with Gasteiger partial charge in [0.2, 0.25) is 0 Å². The molecule has 4 heteroatoms. The average Bonchev–Trinajstić information content (AvgIpc) is 2.17. The number of nitro groups is 1. The highest BCUT2D eigenvalue weighted by molar-refractivity contribution is 5.84. The molecule has 2 rings (SSSR count). The fraction of sp³-hybridized carbons (Fsp3) is 0.222. The van der Waals surface area contributed by atoms with Gasteiger partial charge in [0.05, 0.1) is 4.92 Å². The highest BCUT2D eigenvalue weighted by atomic mass is 16.6. The molecule has 0 radical (unpaired) electrons. The molecular formula is C9H8N2O2. The number of aliphatic imine (C=N–C) groups is 1. The van der Waals surface area contributed by atoms with Crippen molar-refractivity contribution < 1.29 is 4.92 Å². The molecule has 1 aromatic carbocycles. The van der Waals surface area contributed by atoms with Crippen LogP contribution in [-0.4, -0.2) is 17.7 Å². The Balaban J connectivity index is 2.59. The number of rotatable bonds is 1. The molecule has 4 nitrogen and oxygen atoms in total. The lowest BCUT2D eigenvalue weighted by Crippen LogP contribution is -2.06. The van der Waals surface area contributed by atoms with Crippen molar-refractivity contribution in [1.82, 2.24) is 0 Å². The monoisotopic (exact) mass is 176 g/mol. The first-order valence-electron chi connectivity index (χ1n) is 4.05. The maximum Gasteiger partial charge on any atom is 0.273 e. The van der Waals surface area contributed by atoms with Gasteiger partial charge in [0.15, 0.2) is 0 Å². The van der Waals surface area contributed by atoms with Gasteiger partial charge in [0.1, 0.15) is 0 Å². The summed E-state index contributed by atoms with van der Waals surface area (Å²) in [4.78, 5) is 14.4. The van der Waals surface area contributed by atoms with Gasteiger partial charge < -0.3 is 0 Å². The molecule has 0 saturated carbocycles. The minimum Gasteiger partial charge on any atom is -0.292 e. The Labute approximate surface area is 75.1 Å². The van der Waals surface area contributed by atoms with Crippen LogP contribution in [0.5, 0.6) is 0 Å². The third-order valence-corrected chi connectivity index (χ3v) is 2.11. The number of hydrogen-bond acceptors (Lipinski definition) is 3. The Bertz CT molecular complexity index is 385. The van der Waals surface area contributed by atoms with Crippen molar-refractivity contribution in [3.05, 3.63) is 39.4 Å². The number of fused-ring (bicyclic) bond motifs is 1. The molecule has 0 spiro atoms. The van der Waals surface area contributed by atoms with Crippen molar-refractivity contribution in [1.29, 1.82) is 0 Å². The van der Waals surface area contributed by atoms with Gasteiger partial charge in [-0.3, -0.25) is 15.1 Å². The minimum atomic E-state index is -0.335. The van der Waals surface area contributed by atoms with Gasteiger partial charge in [-0.05, 0) is 6.42 Å². The average molecular weight is 176 g/mol. The maximum atomic E-state index is 10.6. The fourth-order valence-electron chi connectivity index (χ4n) is 1.50. The van der Waals surface area contributed by atoms with Gasteiger partial charge in [-0.15, -0.1) is 0 Å². The van der Waals surface area contributed by atoms with Gasteiger partial charge in [-0.1, -0.05) is 12.1 Å². The summed E-state index contributed by atoms with van der Waals surface area (Å²) in [5.41, 5.74) is 1.90. The summed E-state index contributed by atoms with van der Waals surface area (Å²) in [7, 11) is 0. The zero-order valence-electron chi connectivity index (χ0n) is 6.93. The van der Waals surface area contributed by atoms with E-state index in [1.165, 1.54) is 6.07 Å². The molecule has 0 aromatic heterocycles. The second kappa shape index (κ2) is 2.97. The summed E-state index contributed by atoms with van der Waals surface area (Å²) < 4.78 is 0. The third-order valence-electron chi connectivity index (χ3n) is 2.11. The van der Waals surface area contributed by atoms with Crippen LogP contribution in [0, 0.1) is 10.1 Å². The maximum absolute atomic E-state index is 10.6. The lowest BCUT2D eigenvalue weighted by Gasteiger charge is -2.08. The highest BCUT2D eigenvalue weighted by Gasteiger charge is 2.17. The number of nitrogens with zero attached hydrogens (tertiary/aromatic N) is 2. The Kier molecular flexibility index (Phi) is 1.81. The van der Waals surface area contributed by atoms with E-state index in [2.05, 4.69) is 4.99 Å². The van der Waals surface area contributed by atoms with Crippen LogP contribution in [-0.2, 0) is 6.42 Å². The van der Waals surface area contributed by atoms with Gasteiger partial charge in [-0.2, -0.15) is 0 Å². The van der Waals surface area contributed by atoms with Crippen LogP contribution in [0.3, 0.4) is 0 Å². The fourth-order valence-corrected chi connectivity index (χ4v) is 1.50. The molecule has 0 amide bonds. The molecular weight excluding hydrogens is 168 g/mol. The van der Waals surface area contributed by atoms with E-state index in [1.54, 1.807) is 12.3 Å². The summed E-state index contributed by atoms with van der Waals surface area (Å²) in [5.74, 6) is 0. The van der Waals surface area contributed by atoms with Gasteiger partial charge in [0.25, 0.3) is 5.69 Å². The van der Waals surface area contributed by atoms with Crippen LogP contribution in [0.4, 0.5) is 5.69 Å². The molecule has 0 unspecified atom stereocenters. The number of hydrogen-bond donors (Lipinski definition) is 0. The molecule has 13 heavy (non-hydrogen) atoms. The lowest BCUT2D eigenvalue weighted by molar-refractivity contribution is -0.385. The van der Waals surface area contributed by atoms with Crippen LogP contribution < -0.4 is 0 Å². The van der Waals surface area contributed by atoms with Crippen molar-refractivity contribution in [2.75, 3.05) is 6.54 Å². The van der Waals surface area contributed by atoms with Crippen LogP contribution >= 0.6 is 0 Å². The topological polar surface area (TPSA) is 55.5 Å². The largest absolute Gasteiger partial charge is 0.292 e. The van der Waals surface area contributed by atoms with E-state index in [0.29, 0.717) is 13.0 Å². The van der Waals surface area contributed by atoms with Crippen LogP contribution in [0.2, 0.25) is 0 Å². The quantitative estimate of drug-likeness (QED) is 0.481. The van der Waals surface area contributed by atoms with E-state index in [4.69, 9.17) is 0 Å². The summed E-state index contributed by atoms with van der Waals surface area (Å²) >= 11 is 0. The first kappa shape index (κ1) is 7.91. The molecule has 1 aliphatic heterocycles. The molecule has 0 aliphatic carbocycles. The second-order valence-corrected chi connectivity index (χ2v) is 2.89. The summed E-state index contributed by atoms with van der Waals surface area (Å²) in [6.07, 6.45) is 2.37. The van der Waals surface area contributed by atoms with E-state index in [0.717, 1.165) is 11.1 Å². The van der Waals surface area contributed by atoms with Gasteiger partial charge in [0, 0.05) is 30.0 Å². The lowest BCUT2D eigenvalue weighted by atomic mass is 10.0. The molecule has 0 N–H and O–H groups in total. The zero-order chi connectivity index (χ0) is 9.26. The highest BCUT2D eigenvalue weighted by Crippen LogP contribution is 2.23. The molecule has 1 aromatic rings. The van der Waals surface area contributed by atoms with E-state index >= 15 is 0 Å². The normalized spacial score (nSPS) is 13.8. The minimum absolute atomic E-state index is 0.212. The molecule has 0 fully saturated rings. The Morgan fingerprint density at radius 2 is 2.31 bits per heavy atom. The van der Waals surface area contributed by atoms with E-state index in [1.807, 2.05) is 6.07 Å². The number of benzene rings is 1. The molecule has 1 heterocycles. The first-order chi connectivity index (χ1) is 6.29. The van der Waals surface area contributed by atoms with E-state index in [-0.39, 0.29) is 10.6 Å². The van der Waals surface area contributed by atoms with Crippen molar-refractivity contribution in [2.45, 2.75) is 6.42 Å². The Hall–Kier alpha value is -1.71. The van der Waals surface area contributed by atoms with Gasteiger partial charge in [-0.25, -0.2) is 0 Å². The van der Waals surface area contributed by atoms with Crippen LogP contribution in [0.15, 0.2) is 23.2 Å². The first-order valence-corrected chi connectivity index (χ1v) is 4.05. The molecule has 1 aliphatic rings. The number of nitro benzene ring substituents is 1. The second-order valence-electron chi connectivity index (χ2n) is 2.89. The smallest absolute Gasteiger partial charge is 0.273 e. The predicted octanol–water partition coefficient (Wildman–Crippen LogP) is 1.57. The van der Waals surface area contributed by atoms with E-state index < -0.39 is 0 Å². The SMILES string of the molecule is O=[N+]([O-])c1cccc2c1CCN=C2. The summed E-state index contributed by atoms with van der Waals surface area (Å²) in [5, 5.41) is 10.6. The van der Waals surface area contributed by atoms with Crippen LogP contribution in [0.25, 0.3) is 0 Å². The molecule has 0 bridgehead atoms. The van der Waals surface area contributed by atoms with Crippen molar-refractivity contribution in [3.8, 4) is 0 Å². The zero-order valence-corrected chi connectivity index (χ0v) is 6.93. The molecule has 0 saturated heterocycles. The Morgan fingerprint density at radius 1 is 1.46 bits per heavy atom.